The topological polar surface area (TPSA) is 58.6 Å². The van der Waals surface area contributed by atoms with Crippen molar-refractivity contribution in [3.05, 3.63) is 76.3 Å². The van der Waals surface area contributed by atoms with Gasteiger partial charge >= 0.3 is 0 Å². The van der Waals surface area contributed by atoms with Gasteiger partial charge in [0.25, 0.3) is 0 Å². The SMILES string of the molecule is Oc1ccc(Cl)cc1C=Nc1ccc2oc(-c3cccc(Cl)c3)nc2c1. The highest BCUT2D eigenvalue weighted by Crippen LogP contribution is 2.28. The first kappa shape index (κ1) is 16.6. The molecule has 3 aromatic carbocycles. The van der Waals surface area contributed by atoms with Crippen molar-refractivity contribution >= 4 is 46.2 Å². The molecule has 0 aliphatic heterocycles. The molecule has 0 unspecified atom stereocenters. The number of halogens is 2. The van der Waals surface area contributed by atoms with Crippen molar-refractivity contribution in [3.63, 3.8) is 0 Å². The lowest BCUT2D eigenvalue weighted by Gasteiger charge is -1.99. The number of aliphatic imine (C=N–C) groups is 1. The number of aromatic nitrogens is 1. The van der Waals surface area contributed by atoms with E-state index in [1.807, 2.05) is 24.3 Å². The van der Waals surface area contributed by atoms with Gasteiger partial charge < -0.3 is 9.52 Å². The Morgan fingerprint density at radius 3 is 2.65 bits per heavy atom. The largest absolute Gasteiger partial charge is 0.507 e. The zero-order valence-electron chi connectivity index (χ0n) is 13.4. The molecule has 1 aromatic heterocycles. The summed E-state index contributed by atoms with van der Waals surface area (Å²) in [4.78, 5) is 8.88. The first-order valence-electron chi connectivity index (χ1n) is 7.77. The maximum atomic E-state index is 9.85. The van der Waals surface area contributed by atoms with Crippen LogP contribution in [0.1, 0.15) is 5.56 Å². The molecular weight excluding hydrogens is 371 g/mol. The van der Waals surface area contributed by atoms with Crippen LogP contribution in [0.3, 0.4) is 0 Å². The molecule has 0 radical (unpaired) electrons. The van der Waals surface area contributed by atoms with Crippen LogP contribution in [0.5, 0.6) is 5.75 Å². The Labute approximate surface area is 159 Å². The van der Waals surface area contributed by atoms with E-state index >= 15 is 0 Å². The van der Waals surface area contributed by atoms with Crippen LogP contribution < -0.4 is 0 Å². The van der Waals surface area contributed by atoms with E-state index in [1.165, 1.54) is 6.07 Å². The van der Waals surface area contributed by atoms with Gasteiger partial charge in [0.1, 0.15) is 11.3 Å². The molecule has 0 fully saturated rings. The van der Waals surface area contributed by atoms with E-state index in [9.17, 15) is 5.11 Å². The first-order chi connectivity index (χ1) is 12.6. The highest BCUT2D eigenvalue weighted by Gasteiger charge is 2.09. The van der Waals surface area contributed by atoms with E-state index in [1.54, 1.807) is 36.5 Å². The minimum absolute atomic E-state index is 0.115. The summed E-state index contributed by atoms with van der Waals surface area (Å²) in [5.74, 6) is 0.611. The second-order valence-electron chi connectivity index (χ2n) is 5.64. The molecule has 26 heavy (non-hydrogen) atoms. The van der Waals surface area contributed by atoms with Gasteiger partial charge in [0.2, 0.25) is 5.89 Å². The molecule has 128 valence electrons. The number of fused-ring (bicyclic) bond motifs is 1. The van der Waals surface area contributed by atoms with Crippen LogP contribution in [-0.4, -0.2) is 16.3 Å². The average molecular weight is 383 g/mol. The Morgan fingerprint density at radius 1 is 0.962 bits per heavy atom. The van der Waals surface area contributed by atoms with Crippen molar-refractivity contribution in [2.45, 2.75) is 0 Å². The molecule has 0 saturated heterocycles. The summed E-state index contributed by atoms with van der Waals surface area (Å²) in [6, 6.07) is 17.6. The molecule has 0 amide bonds. The van der Waals surface area contributed by atoms with E-state index in [4.69, 9.17) is 27.6 Å². The maximum absolute atomic E-state index is 9.85. The molecule has 0 spiro atoms. The van der Waals surface area contributed by atoms with Crippen LogP contribution in [0.4, 0.5) is 5.69 Å². The minimum atomic E-state index is 0.115. The third-order valence-electron chi connectivity index (χ3n) is 3.79. The molecule has 0 aliphatic rings. The van der Waals surface area contributed by atoms with Crippen LogP contribution in [0.15, 0.2) is 70.1 Å². The van der Waals surface area contributed by atoms with E-state index < -0.39 is 0 Å². The summed E-state index contributed by atoms with van der Waals surface area (Å²) in [6.07, 6.45) is 1.56. The predicted molar refractivity (Wildman–Crippen MR) is 105 cm³/mol. The molecule has 0 saturated carbocycles. The van der Waals surface area contributed by atoms with Gasteiger partial charge in [-0.15, -0.1) is 0 Å². The third kappa shape index (κ3) is 3.43. The van der Waals surface area contributed by atoms with Crippen LogP contribution in [0.25, 0.3) is 22.6 Å². The maximum Gasteiger partial charge on any atom is 0.227 e. The Bertz CT molecular complexity index is 1140. The van der Waals surface area contributed by atoms with Crippen LogP contribution in [0.2, 0.25) is 10.0 Å². The number of benzene rings is 3. The van der Waals surface area contributed by atoms with Crippen LogP contribution in [0, 0.1) is 0 Å². The molecule has 0 bridgehead atoms. The summed E-state index contributed by atoms with van der Waals surface area (Å²) >= 11 is 12.0. The summed E-state index contributed by atoms with van der Waals surface area (Å²) in [5.41, 5.74) is 3.37. The Morgan fingerprint density at radius 2 is 1.81 bits per heavy atom. The summed E-state index contributed by atoms with van der Waals surface area (Å²) < 4.78 is 5.78. The molecule has 0 aliphatic carbocycles. The second-order valence-corrected chi connectivity index (χ2v) is 6.52. The van der Waals surface area contributed by atoms with E-state index in [0.717, 1.165) is 5.56 Å². The standard InChI is InChI=1S/C20H12Cl2N2O2/c21-14-3-1-2-12(8-14)20-24-17-10-16(5-7-19(17)26-20)23-11-13-9-15(22)4-6-18(13)25/h1-11,25H. The Hall–Kier alpha value is -2.82. The lowest BCUT2D eigenvalue weighted by molar-refractivity contribution is 0.474. The van der Waals surface area contributed by atoms with Crippen molar-refractivity contribution in [1.29, 1.82) is 0 Å². The Balaban J connectivity index is 1.67. The van der Waals surface area contributed by atoms with Gasteiger partial charge in [0.05, 0.1) is 5.69 Å². The molecule has 0 atom stereocenters. The highest BCUT2D eigenvalue weighted by atomic mass is 35.5. The predicted octanol–water partition coefficient (Wildman–Crippen LogP) is 6.26. The summed E-state index contributed by atoms with van der Waals surface area (Å²) in [6.45, 7) is 0. The van der Waals surface area contributed by atoms with Gasteiger partial charge in [-0.05, 0) is 54.6 Å². The monoisotopic (exact) mass is 382 g/mol. The van der Waals surface area contributed by atoms with Crippen LogP contribution in [-0.2, 0) is 0 Å². The number of hydrogen-bond donors (Lipinski definition) is 1. The van der Waals surface area contributed by atoms with Crippen molar-refractivity contribution in [1.82, 2.24) is 4.98 Å². The van der Waals surface area contributed by atoms with E-state index in [0.29, 0.717) is 38.3 Å². The smallest absolute Gasteiger partial charge is 0.227 e. The quantitative estimate of drug-likeness (QED) is 0.425. The molecule has 6 heteroatoms. The van der Waals surface area contributed by atoms with Crippen molar-refractivity contribution in [3.8, 4) is 17.2 Å². The number of phenols is 1. The number of hydrogen-bond acceptors (Lipinski definition) is 4. The van der Waals surface area contributed by atoms with Gasteiger partial charge in [-0.3, -0.25) is 4.99 Å². The molecule has 1 heterocycles. The zero-order valence-corrected chi connectivity index (χ0v) is 14.9. The van der Waals surface area contributed by atoms with Crippen molar-refractivity contribution in [2.24, 2.45) is 4.99 Å². The van der Waals surface area contributed by atoms with Crippen molar-refractivity contribution in [2.75, 3.05) is 0 Å². The van der Waals surface area contributed by atoms with Gasteiger partial charge in [-0.2, -0.15) is 0 Å². The number of phenolic OH excluding ortho intramolecular Hbond substituents is 1. The number of aromatic hydroxyl groups is 1. The fourth-order valence-electron chi connectivity index (χ4n) is 2.51. The van der Waals surface area contributed by atoms with Gasteiger partial charge in [0.15, 0.2) is 5.58 Å². The van der Waals surface area contributed by atoms with Crippen LogP contribution >= 0.6 is 23.2 Å². The molecule has 4 rings (SSSR count). The molecule has 1 N–H and O–H groups in total. The van der Waals surface area contributed by atoms with Crippen molar-refractivity contribution < 1.29 is 9.52 Å². The molecule has 4 aromatic rings. The second kappa shape index (κ2) is 6.83. The zero-order chi connectivity index (χ0) is 18.1. The van der Waals surface area contributed by atoms with Gasteiger partial charge in [-0.25, -0.2) is 4.98 Å². The third-order valence-corrected chi connectivity index (χ3v) is 4.26. The average Bonchev–Trinajstić information content (AvgIpc) is 3.06. The minimum Gasteiger partial charge on any atom is -0.507 e. The number of oxazole rings is 1. The van der Waals surface area contributed by atoms with E-state index in [2.05, 4.69) is 9.98 Å². The molecular formula is C20H12Cl2N2O2. The number of rotatable bonds is 3. The first-order valence-corrected chi connectivity index (χ1v) is 8.53. The summed E-state index contributed by atoms with van der Waals surface area (Å²) in [5, 5.41) is 11.0. The lowest BCUT2D eigenvalue weighted by Crippen LogP contribution is -1.82. The normalized spacial score (nSPS) is 11.5. The highest BCUT2D eigenvalue weighted by molar-refractivity contribution is 6.31. The summed E-state index contributed by atoms with van der Waals surface area (Å²) in [7, 11) is 0. The lowest BCUT2D eigenvalue weighted by atomic mass is 10.2. The van der Waals surface area contributed by atoms with Gasteiger partial charge in [-0.1, -0.05) is 29.3 Å². The fourth-order valence-corrected chi connectivity index (χ4v) is 2.88. The Kier molecular flexibility index (Phi) is 4.37. The fraction of sp³-hybridized carbons (Fsp3) is 0. The number of nitrogens with zero attached hydrogens (tertiary/aromatic N) is 2. The van der Waals surface area contributed by atoms with E-state index in [-0.39, 0.29) is 5.75 Å². The van der Waals surface area contributed by atoms with Gasteiger partial charge in [0, 0.05) is 27.4 Å². The molecule has 4 nitrogen and oxygen atoms in total.